The van der Waals surface area contributed by atoms with Crippen molar-refractivity contribution in [3.05, 3.63) is 35.9 Å². The maximum Gasteiger partial charge on any atom is 0.221 e. The van der Waals surface area contributed by atoms with Crippen LogP contribution in [-0.4, -0.2) is 43.5 Å². The highest BCUT2D eigenvalue weighted by Crippen LogP contribution is 2.19. The molecule has 1 heterocycles. The van der Waals surface area contributed by atoms with E-state index >= 15 is 0 Å². The normalized spacial score (nSPS) is 21.0. The summed E-state index contributed by atoms with van der Waals surface area (Å²) in [4.78, 5) is 14.3. The van der Waals surface area contributed by atoms with Crippen molar-refractivity contribution in [3.8, 4) is 0 Å². The smallest absolute Gasteiger partial charge is 0.221 e. The maximum atomic E-state index is 11.8. The Bertz CT molecular complexity index is 445. The van der Waals surface area contributed by atoms with E-state index < -0.39 is 0 Å². The standard InChI is InChI=1S/C17H27N3O.2ClH/c1-14-12-20(13-15-6-4-3-5-7-15)11-9-16(14)19-17(21)8-10-18-2;;/h3-7,14,16,18H,8-13H2,1-2H3,(H,19,21);2*1H. The second-order valence-corrected chi connectivity index (χ2v) is 6.01. The van der Waals surface area contributed by atoms with Crippen molar-refractivity contribution >= 4 is 30.7 Å². The lowest BCUT2D eigenvalue weighted by Gasteiger charge is -2.37. The minimum atomic E-state index is 0. The van der Waals surface area contributed by atoms with Gasteiger partial charge >= 0.3 is 0 Å². The third-order valence-corrected chi connectivity index (χ3v) is 4.19. The van der Waals surface area contributed by atoms with Gasteiger partial charge in [0.05, 0.1) is 0 Å². The van der Waals surface area contributed by atoms with Crippen LogP contribution in [0.3, 0.4) is 0 Å². The molecule has 1 aromatic rings. The highest BCUT2D eigenvalue weighted by Gasteiger charge is 2.26. The Morgan fingerprint density at radius 3 is 2.57 bits per heavy atom. The highest BCUT2D eigenvalue weighted by atomic mass is 35.5. The molecule has 0 aliphatic carbocycles. The number of halogens is 2. The number of nitrogens with one attached hydrogen (secondary N) is 2. The van der Waals surface area contributed by atoms with Crippen LogP contribution in [0, 0.1) is 5.92 Å². The van der Waals surface area contributed by atoms with Crippen LogP contribution in [0.15, 0.2) is 30.3 Å². The first-order chi connectivity index (χ1) is 10.2. The first-order valence-corrected chi connectivity index (χ1v) is 7.89. The summed E-state index contributed by atoms with van der Waals surface area (Å²) in [5.74, 6) is 0.665. The minimum Gasteiger partial charge on any atom is -0.353 e. The Balaban J connectivity index is 0.00000242. The summed E-state index contributed by atoms with van der Waals surface area (Å²) in [5, 5.41) is 6.19. The molecule has 2 atom stereocenters. The third kappa shape index (κ3) is 7.53. The van der Waals surface area contributed by atoms with Gasteiger partial charge in [-0.2, -0.15) is 0 Å². The van der Waals surface area contributed by atoms with Gasteiger partial charge in [-0.25, -0.2) is 0 Å². The van der Waals surface area contributed by atoms with Crippen LogP contribution in [0.4, 0.5) is 0 Å². The van der Waals surface area contributed by atoms with Gasteiger partial charge in [0.2, 0.25) is 5.91 Å². The van der Waals surface area contributed by atoms with Crippen molar-refractivity contribution in [2.75, 3.05) is 26.7 Å². The van der Waals surface area contributed by atoms with Crippen molar-refractivity contribution in [3.63, 3.8) is 0 Å². The topological polar surface area (TPSA) is 44.4 Å². The van der Waals surface area contributed by atoms with Crippen molar-refractivity contribution in [1.82, 2.24) is 15.5 Å². The van der Waals surface area contributed by atoms with Crippen LogP contribution in [0.25, 0.3) is 0 Å². The third-order valence-electron chi connectivity index (χ3n) is 4.19. The summed E-state index contributed by atoms with van der Waals surface area (Å²) >= 11 is 0. The molecule has 132 valence electrons. The average molecular weight is 362 g/mol. The molecular weight excluding hydrogens is 333 g/mol. The van der Waals surface area contributed by atoms with Crippen molar-refractivity contribution in [2.45, 2.75) is 32.4 Å². The lowest BCUT2D eigenvalue weighted by Crippen LogP contribution is -2.49. The molecule has 2 unspecified atom stereocenters. The summed E-state index contributed by atoms with van der Waals surface area (Å²) in [6.07, 6.45) is 1.60. The van der Waals surface area contributed by atoms with E-state index in [1.807, 2.05) is 7.05 Å². The zero-order chi connectivity index (χ0) is 15.1. The van der Waals surface area contributed by atoms with Gasteiger partial charge in [-0.05, 0) is 24.9 Å². The van der Waals surface area contributed by atoms with Crippen molar-refractivity contribution in [2.24, 2.45) is 5.92 Å². The fourth-order valence-corrected chi connectivity index (χ4v) is 2.95. The molecule has 1 aromatic carbocycles. The Morgan fingerprint density at radius 2 is 1.96 bits per heavy atom. The van der Waals surface area contributed by atoms with E-state index in [-0.39, 0.29) is 30.7 Å². The maximum absolute atomic E-state index is 11.8. The van der Waals surface area contributed by atoms with Gasteiger partial charge in [-0.1, -0.05) is 37.3 Å². The number of carbonyl (C=O) groups excluding carboxylic acids is 1. The van der Waals surface area contributed by atoms with Crippen LogP contribution in [0.2, 0.25) is 0 Å². The lowest BCUT2D eigenvalue weighted by atomic mass is 9.93. The second-order valence-electron chi connectivity index (χ2n) is 6.01. The molecule has 23 heavy (non-hydrogen) atoms. The summed E-state index contributed by atoms with van der Waals surface area (Å²) in [6.45, 7) is 6.08. The summed E-state index contributed by atoms with van der Waals surface area (Å²) in [6, 6.07) is 10.9. The Labute approximate surface area is 152 Å². The van der Waals surface area contributed by atoms with Gasteiger partial charge in [0.15, 0.2) is 0 Å². The number of piperidine rings is 1. The molecule has 0 spiro atoms. The van der Waals surface area contributed by atoms with Crippen LogP contribution >= 0.6 is 24.8 Å². The monoisotopic (exact) mass is 361 g/mol. The number of carbonyl (C=O) groups is 1. The predicted octanol–water partition coefficient (Wildman–Crippen LogP) is 2.47. The summed E-state index contributed by atoms with van der Waals surface area (Å²) < 4.78 is 0. The number of amides is 1. The van der Waals surface area contributed by atoms with Gasteiger partial charge in [0.1, 0.15) is 0 Å². The number of likely N-dealkylation sites (tertiary alicyclic amines) is 1. The Hall–Kier alpha value is -0.810. The van der Waals surface area contributed by atoms with Crippen LogP contribution in [0.5, 0.6) is 0 Å². The number of nitrogens with zero attached hydrogens (tertiary/aromatic N) is 1. The quantitative estimate of drug-likeness (QED) is 0.817. The van der Waals surface area contributed by atoms with E-state index in [0.29, 0.717) is 18.4 Å². The fourth-order valence-electron chi connectivity index (χ4n) is 2.95. The van der Waals surface area contributed by atoms with E-state index in [2.05, 4.69) is 52.8 Å². The number of hydrogen-bond donors (Lipinski definition) is 2. The molecule has 1 amide bonds. The van der Waals surface area contributed by atoms with E-state index in [0.717, 1.165) is 32.6 Å². The number of benzene rings is 1. The lowest BCUT2D eigenvalue weighted by molar-refractivity contribution is -0.122. The molecule has 1 saturated heterocycles. The molecule has 2 rings (SSSR count). The van der Waals surface area contributed by atoms with Gasteiger partial charge in [0.25, 0.3) is 0 Å². The van der Waals surface area contributed by atoms with Gasteiger partial charge in [-0.3, -0.25) is 9.69 Å². The number of rotatable bonds is 6. The molecule has 4 nitrogen and oxygen atoms in total. The van der Waals surface area contributed by atoms with Crippen molar-refractivity contribution in [1.29, 1.82) is 0 Å². The first-order valence-electron chi connectivity index (χ1n) is 7.89. The Kier molecular flexibility index (Phi) is 11.3. The summed E-state index contributed by atoms with van der Waals surface area (Å²) in [5.41, 5.74) is 1.36. The molecule has 2 N–H and O–H groups in total. The van der Waals surface area contributed by atoms with Crippen molar-refractivity contribution < 1.29 is 4.79 Å². The molecule has 0 saturated carbocycles. The zero-order valence-electron chi connectivity index (χ0n) is 14.0. The zero-order valence-corrected chi connectivity index (χ0v) is 15.6. The van der Waals surface area contributed by atoms with Crippen LogP contribution < -0.4 is 10.6 Å². The predicted molar refractivity (Wildman–Crippen MR) is 100 cm³/mol. The molecule has 0 bridgehead atoms. The minimum absolute atomic E-state index is 0. The van der Waals surface area contributed by atoms with E-state index in [9.17, 15) is 4.79 Å². The van der Waals surface area contributed by atoms with Gasteiger partial charge in [-0.15, -0.1) is 24.8 Å². The average Bonchev–Trinajstić information content (AvgIpc) is 2.49. The SMILES string of the molecule is CNCCC(=O)NC1CCN(Cc2ccccc2)CC1C.Cl.Cl. The van der Waals surface area contributed by atoms with E-state index in [1.165, 1.54) is 5.56 Å². The molecule has 1 fully saturated rings. The molecule has 6 heteroatoms. The van der Waals surface area contributed by atoms with Gasteiger partial charge < -0.3 is 10.6 Å². The first kappa shape index (κ1) is 22.2. The molecule has 1 aliphatic heterocycles. The fraction of sp³-hybridized carbons (Fsp3) is 0.588. The number of hydrogen-bond acceptors (Lipinski definition) is 3. The Morgan fingerprint density at radius 1 is 1.26 bits per heavy atom. The highest BCUT2D eigenvalue weighted by molar-refractivity contribution is 5.85. The van der Waals surface area contributed by atoms with Gasteiger partial charge in [0, 0.05) is 38.6 Å². The second kappa shape index (κ2) is 11.7. The molecular formula is C17H29Cl2N3O. The van der Waals surface area contributed by atoms with E-state index in [1.54, 1.807) is 0 Å². The van der Waals surface area contributed by atoms with E-state index in [4.69, 9.17) is 0 Å². The molecule has 1 aliphatic rings. The van der Waals surface area contributed by atoms with Crippen LogP contribution in [-0.2, 0) is 11.3 Å². The molecule has 0 aromatic heterocycles. The molecule has 0 radical (unpaired) electrons. The largest absolute Gasteiger partial charge is 0.353 e. The van der Waals surface area contributed by atoms with Crippen LogP contribution in [0.1, 0.15) is 25.3 Å². The summed E-state index contributed by atoms with van der Waals surface area (Å²) in [7, 11) is 1.87.